The van der Waals surface area contributed by atoms with Crippen LogP contribution >= 0.6 is 0 Å². The van der Waals surface area contributed by atoms with E-state index in [4.69, 9.17) is 4.79 Å². The summed E-state index contributed by atoms with van der Waals surface area (Å²) in [5.41, 5.74) is 0. The number of rotatable bonds is 1. The van der Waals surface area contributed by atoms with Crippen LogP contribution in [-0.4, -0.2) is 57.7 Å². The molecule has 0 aliphatic rings. The number of aldehydes is 1. The van der Waals surface area contributed by atoms with Gasteiger partial charge in [-0.2, -0.15) is 0 Å². The van der Waals surface area contributed by atoms with Crippen molar-refractivity contribution in [3.63, 3.8) is 0 Å². The Morgan fingerprint density at radius 2 is 1.80 bits per heavy atom. The van der Waals surface area contributed by atoms with Crippen molar-refractivity contribution in [2.45, 2.75) is 0 Å². The van der Waals surface area contributed by atoms with Crippen LogP contribution in [0.1, 0.15) is 0 Å². The van der Waals surface area contributed by atoms with E-state index in [0.29, 0.717) is 6.29 Å². The summed E-state index contributed by atoms with van der Waals surface area (Å²) in [4.78, 5) is 9.06. The van der Waals surface area contributed by atoms with Gasteiger partial charge < -0.3 is 0 Å². The van der Waals surface area contributed by atoms with Gasteiger partial charge in [-0.25, -0.2) is 0 Å². The average molecular weight is 95.2 g/mol. The summed E-state index contributed by atoms with van der Waals surface area (Å²) >= 11 is 0. The molecule has 1 radical (unpaired) electrons. The largest absolute Gasteiger partial charge is 0.299 e. The topological polar surface area (TPSA) is 17.1 Å². The summed E-state index contributed by atoms with van der Waals surface area (Å²) in [5.74, 6) is 0. The van der Waals surface area contributed by atoms with Gasteiger partial charge in [-0.15, -0.1) is 0 Å². The van der Waals surface area contributed by atoms with Gasteiger partial charge in [-0.1, -0.05) is 6.58 Å². The Kier molecular flexibility index (Phi) is 16.7. The zero-order valence-corrected chi connectivity index (χ0v) is 6.39. The van der Waals surface area contributed by atoms with Gasteiger partial charge in [0.1, 0.15) is 6.29 Å². The van der Waals surface area contributed by atoms with Crippen LogP contribution in [0.15, 0.2) is 12.7 Å². The molecule has 0 amide bonds. The molecule has 2 heteroatoms. The van der Waals surface area contributed by atoms with Crippen molar-refractivity contribution >= 4 is 57.7 Å². The average Bonchev–Trinajstić information content (AvgIpc) is 1.37. The standard InChI is InChI=1S/C3H4O.K/c1-2-3-4;/h2-3H,1H2;. The van der Waals surface area contributed by atoms with E-state index in [2.05, 4.69) is 6.58 Å². The second-order valence-corrected chi connectivity index (χ2v) is 0.372. The molecule has 0 rings (SSSR count). The number of carbonyl (C=O) groups excluding carboxylic acids is 1. The summed E-state index contributed by atoms with van der Waals surface area (Å²) in [7, 11) is 0. The van der Waals surface area contributed by atoms with E-state index in [9.17, 15) is 0 Å². The summed E-state index contributed by atoms with van der Waals surface area (Å²) in [6.45, 7) is 3.11. The first-order valence-corrected chi connectivity index (χ1v) is 0.977. The fraction of sp³-hybridized carbons (Fsp3) is 0. The maximum atomic E-state index is 9.06. The Morgan fingerprint density at radius 3 is 1.80 bits per heavy atom. The van der Waals surface area contributed by atoms with Crippen LogP contribution in [0.4, 0.5) is 0 Å². The molecule has 0 atom stereocenters. The molecule has 0 saturated heterocycles. The third-order valence-electron chi connectivity index (χ3n) is 0.0962. The fourth-order valence-electron chi connectivity index (χ4n) is 0. The first-order chi connectivity index (χ1) is 1.91. The zero-order chi connectivity index (χ0) is 3.41. The molecule has 0 N–H and O–H groups in total. The number of carbonyl (C=O) groups is 1. The van der Waals surface area contributed by atoms with E-state index < -0.39 is 0 Å². The molecule has 0 aromatic rings. The smallest absolute Gasteiger partial charge is 0.142 e. The van der Waals surface area contributed by atoms with Crippen LogP contribution < -0.4 is 0 Å². The number of hydrogen-bond acceptors (Lipinski definition) is 1. The predicted octanol–water partition coefficient (Wildman–Crippen LogP) is -0.00950. The summed E-state index contributed by atoms with van der Waals surface area (Å²) in [5, 5.41) is 0. The molecule has 23 valence electrons. The first-order valence-electron chi connectivity index (χ1n) is 0.977. The molecule has 0 aromatic carbocycles. The van der Waals surface area contributed by atoms with Crippen molar-refractivity contribution in [1.82, 2.24) is 0 Å². The minimum absolute atomic E-state index is 0. The van der Waals surface area contributed by atoms with E-state index >= 15 is 0 Å². The molecular weight excluding hydrogens is 91.1 g/mol. The quantitative estimate of drug-likeness (QED) is 0.254. The third-order valence-corrected chi connectivity index (χ3v) is 0.0962. The van der Waals surface area contributed by atoms with Crippen LogP contribution in [0.2, 0.25) is 0 Å². The molecule has 0 aromatic heterocycles. The minimum atomic E-state index is 0. The van der Waals surface area contributed by atoms with E-state index in [1.54, 1.807) is 0 Å². The molecule has 0 fully saturated rings. The van der Waals surface area contributed by atoms with Crippen LogP contribution in [0.5, 0.6) is 0 Å². The van der Waals surface area contributed by atoms with Crippen molar-refractivity contribution < 1.29 is 4.79 Å². The molecule has 0 aliphatic carbocycles. The Balaban J connectivity index is 0. The summed E-state index contributed by atoms with van der Waals surface area (Å²) in [6.07, 6.45) is 1.83. The van der Waals surface area contributed by atoms with Crippen molar-refractivity contribution in [2.75, 3.05) is 0 Å². The molecule has 0 heterocycles. The fourth-order valence-corrected chi connectivity index (χ4v) is 0. The normalized spacial score (nSPS) is 4.00. The van der Waals surface area contributed by atoms with Crippen molar-refractivity contribution in [2.24, 2.45) is 0 Å². The second-order valence-electron chi connectivity index (χ2n) is 0.372. The summed E-state index contributed by atoms with van der Waals surface area (Å²) < 4.78 is 0. The Morgan fingerprint density at radius 1 is 1.60 bits per heavy atom. The molecule has 0 spiro atoms. The van der Waals surface area contributed by atoms with Crippen LogP contribution in [0, 0.1) is 0 Å². The first kappa shape index (κ1) is 9.40. The molecule has 0 unspecified atom stereocenters. The van der Waals surface area contributed by atoms with Gasteiger partial charge in [0.05, 0.1) is 0 Å². The zero-order valence-electron chi connectivity index (χ0n) is 3.27. The molecule has 0 saturated carbocycles. The van der Waals surface area contributed by atoms with E-state index in [-0.39, 0.29) is 51.4 Å². The van der Waals surface area contributed by atoms with Crippen molar-refractivity contribution in [3.05, 3.63) is 12.7 Å². The molecule has 0 bridgehead atoms. The van der Waals surface area contributed by atoms with Gasteiger partial charge in [-0.3, -0.25) is 4.79 Å². The van der Waals surface area contributed by atoms with Gasteiger partial charge in [0.25, 0.3) is 0 Å². The van der Waals surface area contributed by atoms with E-state index in [1.165, 1.54) is 6.08 Å². The van der Waals surface area contributed by atoms with Gasteiger partial charge in [0.15, 0.2) is 0 Å². The third kappa shape index (κ3) is 11.2. The molecule has 0 aliphatic heterocycles. The Hall–Kier alpha value is 1.05. The van der Waals surface area contributed by atoms with Crippen LogP contribution in [0.3, 0.4) is 0 Å². The number of hydrogen-bond donors (Lipinski definition) is 0. The minimum Gasteiger partial charge on any atom is -0.299 e. The maximum Gasteiger partial charge on any atom is 0.142 e. The monoisotopic (exact) mass is 95.0 g/mol. The van der Waals surface area contributed by atoms with Gasteiger partial charge >= 0.3 is 0 Å². The number of allylic oxidation sites excluding steroid dienone is 1. The van der Waals surface area contributed by atoms with E-state index in [1.807, 2.05) is 0 Å². The van der Waals surface area contributed by atoms with Gasteiger partial charge in [0.2, 0.25) is 0 Å². The van der Waals surface area contributed by atoms with Gasteiger partial charge in [-0.05, 0) is 6.08 Å². The second kappa shape index (κ2) is 8.90. The van der Waals surface area contributed by atoms with E-state index in [0.717, 1.165) is 0 Å². The SMILES string of the molecule is C=CC=O.[K]. The van der Waals surface area contributed by atoms with Crippen molar-refractivity contribution in [1.29, 1.82) is 0 Å². The maximum absolute atomic E-state index is 9.06. The van der Waals surface area contributed by atoms with Crippen LogP contribution in [0.25, 0.3) is 0 Å². The van der Waals surface area contributed by atoms with Crippen LogP contribution in [-0.2, 0) is 4.79 Å². The Bertz CT molecular complexity index is 27.9. The molecular formula is C3H4KO. The Labute approximate surface area is 73.9 Å². The van der Waals surface area contributed by atoms with Crippen molar-refractivity contribution in [3.8, 4) is 0 Å². The molecule has 1 nitrogen and oxygen atoms in total. The predicted molar refractivity (Wildman–Crippen MR) is 22.0 cm³/mol. The summed E-state index contributed by atoms with van der Waals surface area (Å²) in [6, 6.07) is 0. The van der Waals surface area contributed by atoms with Gasteiger partial charge in [0, 0.05) is 51.4 Å². The molecule has 5 heavy (non-hydrogen) atoms.